The van der Waals surface area contributed by atoms with Gasteiger partial charge in [-0.25, -0.2) is 9.13 Å². The Hall–Kier alpha value is -4.54. The number of esters is 4. The van der Waals surface area contributed by atoms with E-state index in [0.717, 1.165) is 148 Å². The van der Waals surface area contributed by atoms with E-state index in [1.54, 1.807) is 0 Å². The lowest BCUT2D eigenvalue weighted by Crippen LogP contribution is -2.30. The fraction of sp³-hybridized carbons (Fsp3) is 0.680. The third kappa shape index (κ3) is 66.1. The van der Waals surface area contributed by atoms with Gasteiger partial charge in [-0.05, 0) is 128 Å². The highest BCUT2D eigenvalue weighted by Gasteiger charge is 2.30. The van der Waals surface area contributed by atoms with Gasteiger partial charge in [0.15, 0.2) is 12.2 Å². The summed E-state index contributed by atoms with van der Waals surface area (Å²) >= 11 is 0. The molecule has 0 amide bonds. The fourth-order valence-electron chi connectivity index (χ4n) is 9.00. The topological polar surface area (TPSA) is 237 Å². The van der Waals surface area contributed by atoms with Gasteiger partial charge in [-0.15, -0.1) is 0 Å². The molecule has 0 spiro atoms. The van der Waals surface area contributed by atoms with Crippen LogP contribution >= 0.6 is 15.6 Å². The van der Waals surface area contributed by atoms with E-state index in [0.29, 0.717) is 32.1 Å². The molecule has 0 aromatic heterocycles. The van der Waals surface area contributed by atoms with E-state index in [9.17, 15) is 43.2 Å². The minimum atomic E-state index is -4.99. The van der Waals surface area contributed by atoms with E-state index in [2.05, 4.69) is 149 Å². The molecule has 5 atom stereocenters. The summed E-state index contributed by atoms with van der Waals surface area (Å²) < 4.78 is 68.2. The van der Waals surface area contributed by atoms with Crippen molar-refractivity contribution in [3.8, 4) is 0 Å². The molecular weight excluding hydrogens is 1230 g/mol. The van der Waals surface area contributed by atoms with Crippen LogP contribution in [0.5, 0.6) is 0 Å². The van der Waals surface area contributed by atoms with Crippen LogP contribution in [0.15, 0.2) is 122 Å². The van der Waals surface area contributed by atoms with Gasteiger partial charge in [-0.3, -0.25) is 37.3 Å². The van der Waals surface area contributed by atoms with Crippen LogP contribution in [-0.4, -0.2) is 96.7 Å². The van der Waals surface area contributed by atoms with E-state index in [1.807, 2.05) is 0 Å². The molecule has 538 valence electrons. The number of hydrogen-bond acceptors (Lipinski definition) is 15. The second kappa shape index (κ2) is 67.0. The van der Waals surface area contributed by atoms with Crippen molar-refractivity contribution in [2.75, 3.05) is 39.6 Å². The molecule has 0 bridgehead atoms. The SMILES string of the molecule is CC/C=C\C/C=C\C/C=C\C/C=C\CCCCC(=O)OCC(COP(=O)(O)OCC(O)COP(=O)(O)OCC(COC(=O)CCCCCCC/C=C\C/C=C\CCC)OC(=O)CCCCCCCCCCCCC)OC(=O)CCCC/C=C\C/C=C\C/C=C\C/C=C\CC. The Morgan fingerprint density at radius 1 is 0.309 bits per heavy atom. The van der Waals surface area contributed by atoms with Gasteiger partial charge in [-0.1, -0.05) is 239 Å². The highest BCUT2D eigenvalue weighted by Crippen LogP contribution is 2.45. The predicted octanol–water partition coefficient (Wildman–Crippen LogP) is 20.0. The molecule has 19 heteroatoms. The van der Waals surface area contributed by atoms with Crippen molar-refractivity contribution in [1.82, 2.24) is 0 Å². The van der Waals surface area contributed by atoms with Crippen molar-refractivity contribution in [2.45, 2.75) is 290 Å². The Balaban J connectivity index is 5.41. The van der Waals surface area contributed by atoms with Gasteiger partial charge >= 0.3 is 39.5 Å². The summed E-state index contributed by atoms with van der Waals surface area (Å²) in [7, 11) is -9.97. The minimum Gasteiger partial charge on any atom is -0.462 e. The smallest absolute Gasteiger partial charge is 0.462 e. The highest BCUT2D eigenvalue weighted by molar-refractivity contribution is 7.47. The molecule has 0 saturated carbocycles. The van der Waals surface area contributed by atoms with Crippen LogP contribution in [0.3, 0.4) is 0 Å². The second-order valence-corrected chi connectivity index (χ2v) is 26.3. The van der Waals surface area contributed by atoms with Crippen LogP contribution in [0.2, 0.25) is 0 Å². The van der Waals surface area contributed by atoms with E-state index in [1.165, 1.54) is 38.5 Å². The number of carbonyl (C=O) groups is 4. The first-order valence-electron chi connectivity index (χ1n) is 35.8. The molecule has 0 aliphatic rings. The summed E-state index contributed by atoms with van der Waals surface area (Å²) in [5.74, 6) is -2.29. The standard InChI is InChI=1S/C75H126O17P2/c1-5-9-13-17-21-25-29-32-34-37-41-44-48-52-56-60-73(78)86-66-71(92-75(80)62-58-54-50-46-42-38-35-33-30-26-22-18-14-10-6-2)68-90-94(83,84)88-64-69(76)63-87-93(81,82)89-67-70(91-74(79)61-57-53-49-45-39-28-24-20-16-12-8-4)65-85-72(77)59-55-51-47-43-40-36-31-27-23-19-15-11-7-3/h9-10,13-15,19,21-22,25-27,31-35,41-42,44,46,69-71,76H,5-8,11-12,16-18,20,23-24,28-30,36-40,43,45,47-68H2,1-4H3,(H,81,82)(H,83,84)/b13-9-,14-10-,19-15-,25-21-,26-22-,31-27-,34-32-,35-33-,44-41-,46-42-. The number of phosphoric acid groups is 2. The Labute approximate surface area is 568 Å². The number of rotatable bonds is 66. The summed E-state index contributed by atoms with van der Waals surface area (Å²) in [6.07, 6.45) is 70.8. The lowest BCUT2D eigenvalue weighted by atomic mass is 10.1. The molecular formula is C75H126O17P2. The molecule has 17 nitrogen and oxygen atoms in total. The maximum atomic E-state index is 13.0. The number of unbranched alkanes of at least 4 members (excludes halogenated alkanes) is 20. The summed E-state index contributed by atoms with van der Waals surface area (Å²) in [5, 5.41) is 10.6. The zero-order chi connectivity index (χ0) is 69.0. The van der Waals surface area contributed by atoms with Gasteiger partial charge < -0.3 is 33.8 Å². The highest BCUT2D eigenvalue weighted by atomic mass is 31.2. The van der Waals surface area contributed by atoms with Gasteiger partial charge in [0.1, 0.15) is 19.3 Å². The molecule has 0 aromatic carbocycles. The van der Waals surface area contributed by atoms with Crippen LogP contribution in [0.1, 0.15) is 272 Å². The van der Waals surface area contributed by atoms with Crippen molar-refractivity contribution in [3.63, 3.8) is 0 Å². The molecule has 0 rings (SSSR count). The van der Waals surface area contributed by atoms with Gasteiger partial charge in [0.25, 0.3) is 0 Å². The van der Waals surface area contributed by atoms with Crippen molar-refractivity contribution in [2.24, 2.45) is 0 Å². The van der Waals surface area contributed by atoms with Crippen molar-refractivity contribution in [3.05, 3.63) is 122 Å². The average molecular weight is 1360 g/mol. The Kier molecular flexibility index (Phi) is 63.8. The largest absolute Gasteiger partial charge is 0.472 e. The van der Waals surface area contributed by atoms with Gasteiger partial charge in [0.05, 0.1) is 26.4 Å². The summed E-state index contributed by atoms with van der Waals surface area (Å²) in [6, 6.07) is 0. The van der Waals surface area contributed by atoms with E-state index in [4.69, 9.17) is 37.0 Å². The first-order chi connectivity index (χ1) is 45.7. The number of aliphatic hydroxyl groups is 1. The summed E-state index contributed by atoms with van der Waals surface area (Å²) in [5.41, 5.74) is 0. The lowest BCUT2D eigenvalue weighted by molar-refractivity contribution is -0.161. The predicted molar refractivity (Wildman–Crippen MR) is 381 cm³/mol. The normalized spacial score (nSPS) is 14.8. The monoisotopic (exact) mass is 1360 g/mol. The number of allylic oxidation sites excluding steroid dienone is 20. The van der Waals surface area contributed by atoms with Crippen LogP contribution in [-0.2, 0) is 65.4 Å². The van der Waals surface area contributed by atoms with Crippen LogP contribution in [0.4, 0.5) is 0 Å². The fourth-order valence-corrected chi connectivity index (χ4v) is 10.6. The Bertz CT molecular complexity index is 2270. The Morgan fingerprint density at radius 2 is 0.574 bits per heavy atom. The quantitative estimate of drug-likeness (QED) is 0.0169. The van der Waals surface area contributed by atoms with Crippen LogP contribution in [0.25, 0.3) is 0 Å². The third-order valence-electron chi connectivity index (χ3n) is 14.4. The Morgan fingerprint density at radius 3 is 0.915 bits per heavy atom. The van der Waals surface area contributed by atoms with Gasteiger partial charge in [-0.2, -0.15) is 0 Å². The first kappa shape index (κ1) is 89.5. The maximum absolute atomic E-state index is 13.0. The molecule has 5 unspecified atom stereocenters. The first-order valence-corrected chi connectivity index (χ1v) is 38.8. The molecule has 0 radical (unpaired) electrons. The number of carbonyl (C=O) groups excluding carboxylic acids is 4. The molecule has 0 aromatic rings. The van der Waals surface area contributed by atoms with E-state index in [-0.39, 0.29) is 25.7 Å². The van der Waals surface area contributed by atoms with Gasteiger partial charge in [0.2, 0.25) is 0 Å². The molecule has 94 heavy (non-hydrogen) atoms. The van der Waals surface area contributed by atoms with E-state index < -0.39 is 97.5 Å². The number of hydrogen-bond donors (Lipinski definition) is 3. The zero-order valence-corrected chi connectivity index (χ0v) is 60.1. The van der Waals surface area contributed by atoms with Crippen LogP contribution < -0.4 is 0 Å². The summed E-state index contributed by atoms with van der Waals surface area (Å²) in [4.78, 5) is 72.6. The molecule has 0 saturated heterocycles. The van der Waals surface area contributed by atoms with Gasteiger partial charge in [0, 0.05) is 25.7 Å². The van der Waals surface area contributed by atoms with Crippen molar-refractivity contribution < 1.29 is 80.2 Å². The van der Waals surface area contributed by atoms with Crippen molar-refractivity contribution in [1.29, 1.82) is 0 Å². The molecule has 3 N–H and O–H groups in total. The number of ether oxygens (including phenoxy) is 4. The minimum absolute atomic E-state index is 0.0308. The number of aliphatic hydroxyl groups excluding tert-OH is 1. The van der Waals surface area contributed by atoms with E-state index >= 15 is 0 Å². The number of phosphoric ester groups is 2. The molecule has 0 aliphatic heterocycles. The second-order valence-electron chi connectivity index (χ2n) is 23.4. The molecule has 0 heterocycles. The van der Waals surface area contributed by atoms with Crippen LogP contribution in [0, 0.1) is 0 Å². The molecule has 0 aliphatic carbocycles. The zero-order valence-electron chi connectivity index (χ0n) is 58.3. The third-order valence-corrected chi connectivity index (χ3v) is 16.3. The van der Waals surface area contributed by atoms with Crippen molar-refractivity contribution >= 4 is 39.5 Å². The average Bonchev–Trinajstić information content (AvgIpc) is 1.36. The summed E-state index contributed by atoms with van der Waals surface area (Å²) in [6.45, 7) is 4.43. The molecule has 0 fully saturated rings. The lowest BCUT2D eigenvalue weighted by Gasteiger charge is -2.21. The maximum Gasteiger partial charge on any atom is 0.472 e.